The molecule has 4 nitrogen and oxygen atoms in total. The van der Waals surface area contributed by atoms with Crippen molar-refractivity contribution in [3.05, 3.63) is 54.1 Å². The number of nitrogens with two attached hydrogens (primary N) is 1. The summed E-state index contributed by atoms with van der Waals surface area (Å²) in [5.74, 6) is -0.329. The van der Waals surface area contributed by atoms with Gasteiger partial charge in [-0.25, -0.2) is 0 Å². The average molecular weight is 383 g/mol. The number of carbonyl (C=O) groups excluding carboxylic acids is 2. The van der Waals surface area contributed by atoms with E-state index in [-0.39, 0.29) is 11.8 Å². The third kappa shape index (κ3) is 3.88. The zero-order valence-electron chi connectivity index (χ0n) is 15.9. The predicted molar refractivity (Wildman–Crippen MR) is 111 cm³/mol. The maximum absolute atomic E-state index is 13.0. The van der Waals surface area contributed by atoms with Crippen LogP contribution >= 0.6 is 11.8 Å². The Balaban J connectivity index is 1.81. The van der Waals surface area contributed by atoms with Gasteiger partial charge in [0.05, 0.1) is 5.41 Å². The van der Waals surface area contributed by atoms with Crippen LogP contribution in [-0.4, -0.2) is 36.1 Å². The molecule has 0 spiro atoms. The zero-order valence-corrected chi connectivity index (χ0v) is 16.7. The highest BCUT2D eigenvalue weighted by Crippen LogP contribution is 2.34. The summed E-state index contributed by atoms with van der Waals surface area (Å²) in [5.41, 5.74) is 7.96. The molecule has 2 aromatic rings. The minimum atomic E-state index is -0.592. The number of hydrogen-bond donors (Lipinski definition) is 1. The van der Waals surface area contributed by atoms with Gasteiger partial charge in [-0.3, -0.25) is 9.59 Å². The van der Waals surface area contributed by atoms with Crippen LogP contribution in [0.25, 0.3) is 11.1 Å². The van der Waals surface area contributed by atoms with Crippen LogP contribution in [0.4, 0.5) is 0 Å². The molecule has 1 aliphatic heterocycles. The maximum atomic E-state index is 13.0. The number of carbonyl (C=O) groups is 2. The lowest BCUT2D eigenvalue weighted by Gasteiger charge is -2.40. The van der Waals surface area contributed by atoms with Crippen molar-refractivity contribution < 1.29 is 9.59 Å². The first kappa shape index (κ1) is 19.5. The number of rotatable bonds is 5. The minimum Gasteiger partial charge on any atom is -0.369 e. The first-order chi connectivity index (χ1) is 13.0. The second kappa shape index (κ2) is 8.17. The van der Waals surface area contributed by atoms with Crippen LogP contribution in [0.2, 0.25) is 0 Å². The number of piperidine rings is 1. The van der Waals surface area contributed by atoms with Gasteiger partial charge in [0.15, 0.2) is 0 Å². The van der Waals surface area contributed by atoms with E-state index in [1.807, 2.05) is 43.3 Å². The van der Waals surface area contributed by atoms with Crippen LogP contribution in [0.15, 0.2) is 53.4 Å². The summed E-state index contributed by atoms with van der Waals surface area (Å²) in [4.78, 5) is 27.9. The molecular formula is C22H26N2O2S. The van der Waals surface area contributed by atoms with Crippen LogP contribution in [0.1, 0.15) is 36.5 Å². The summed E-state index contributed by atoms with van der Waals surface area (Å²) in [6, 6.07) is 16.0. The van der Waals surface area contributed by atoms with Gasteiger partial charge in [-0.1, -0.05) is 37.3 Å². The molecule has 0 aliphatic carbocycles. The normalized spacial score (nSPS) is 19.7. The van der Waals surface area contributed by atoms with Crippen LogP contribution in [0.5, 0.6) is 0 Å². The van der Waals surface area contributed by atoms with Crippen molar-refractivity contribution in [3.8, 4) is 11.1 Å². The Bertz CT molecular complexity index is 834. The first-order valence-electron chi connectivity index (χ1n) is 9.33. The smallest absolute Gasteiger partial charge is 0.253 e. The number of benzene rings is 2. The Morgan fingerprint density at radius 1 is 1.15 bits per heavy atom. The number of amides is 2. The number of primary amides is 1. The topological polar surface area (TPSA) is 63.4 Å². The van der Waals surface area contributed by atoms with Gasteiger partial charge in [0.2, 0.25) is 5.91 Å². The molecule has 2 N–H and O–H groups in total. The fraction of sp³-hybridized carbons (Fsp3) is 0.364. The number of likely N-dealkylation sites (tertiary alicyclic amines) is 1. The van der Waals surface area contributed by atoms with E-state index in [4.69, 9.17) is 5.73 Å². The van der Waals surface area contributed by atoms with Gasteiger partial charge in [-0.15, -0.1) is 11.8 Å². The van der Waals surface area contributed by atoms with Crippen molar-refractivity contribution in [2.24, 2.45) is 11.1 Å². The Morgan fingerprint density at radius 2 is 1.85 bits per heavy atom. The highest BCUT2D eigenvalue weighted by Gasteiger charge is 2.40. The van der Waals surface area contributed by atoms with Crippen molar-refractivity contribution in [2.45, 2.75) is 31.1 Å². The fourth-order valence-electron chi connectivity index (χ4n) is 3.83. The third-order valence-electron chi connectivity index (χ3n) is 5.61. The van der Waals surface area contributed by atoms with E-state index in [9.17, 15) is 9.59 Å². The van der Waals surface area contributed by atoms with Gasteiger partial charge < -0.3 is 10.6 Å². The van der Waals surface area contributed by atoms with Crippen LogP contribution < -0.4 is 5.73 Å². The molecule has 0 radical (unpaired) electrons. The second-order valence-corrected chi connectivity index (χ2v) is 7.95. The SMILES string of the molecule is CC[C@@]1(C(N)=O)CCCN(C(=O)c2ccc(-c3ccccc3SC)cc2)C1. The molecule has 1 fully saturated rings. The quantitative estimate of drug-likeness (QED) is 0.789. The minimum absolute atomic E-state index is 0.0292. The van der Waals surface area contributed by atoms with Gasteiger partial charge in [-0.05, 0) is 54.8 Å². The molecule has 5 heteroatoms. The summed E-state index contributed by atoms with van der Waals surface area (Å²) in [6.45, 7) is 3.05. The number of hydrogen-bond acceptors (Lipinski definition) is 3. The Morgan fingerprint density at radius 3 is 2.48 bits per heavy atom. The van der Waals surface area contributed by atoms with Crippen LogP contribution in [0, 0.1) is 5.41 Å². The molecule has 27 heavy (non-hydrogen) atoms. The van der Waals surface area contributed by atoms with Crippen molar-refractivity contribution in [3.63, 3.8) is 0 Å². The molecule has 1 aliphatic rings. The van der Waals surface area contributed by atoms with Gasteiger partial charge in [0, 0.05) is 23.5 Å². The van der Waals surface area contributed by atoms with Crippen molar-refractivity contribution in [1.82, 2.24) is 4.90 Å². The molecule has 0 unspecified atom stereocenters. The first-order valence-corrected chi connectivity index (χ1v) is 10.6. The van der Waals surface area contributed by atoms with E-state index in [0.29, 0.717) is 25.1 Å². The lowest BCUT2D eigenvalue weighted by molar-refractivity contribution is -0.130. The zero-order chi connectivity index (χ0) is 19.4. The Kier molecular flexibility index (Phi) is 5.90. The Labute approximate surface area is 165 Å². The molecule has 0 bridgehead atoms. The summed E-state index contributed by atoms with van der Waals surface area (Å²) in [7, 11) is 0. The van der Waals surface area contributed by atoms with E-state index in [2.05, 4.69) is 18.4 Å². The highest BCUT2D eigenvalue weighted by atomic mass is 32.2. The second-order valence-electron chi connectivity index (χ2n) is 7.11. The molecule has 0 aromatic heterocycles. The number of thioether (sulfide) groups is 1. The highest BCUT2D eigenvalue weighted by molar-refractivity contribution is 7.98. The van der Waals surface area contributed by atoms with E-state index in [1.165, 1.54) is 10.5 Å². The third-order valence-corrected chi connectivity index (χ3v) is 6.41. The molecule has 1 heterocycles. The summed E-state index contributed by atoms with van der Waals surface area (Å²) in [6.07, 6.45) is 4.29. The summed E-state index contributed by atoms with van der Waals surface area (Å²) < 4.78 is 0. The van der Waals surface area contributed by atoms with Gasteiger partial charge in [0.1, 0.15) is 0 Å². The lowest BCUT2D eigenvalue weighted by Crippen LogP contribution is -2.51. The summed E-state index contributed by atoms with van der Waals surface area (Å²) >= 11 is 1.71. The molecule has 2 aromatic carbocycles. The van der Waals surface area contributed by atoms with Crippen molar-refractivity contribution in [2.75, 3.05) is 19.3 Å². The largest absolute Gasteiger partial charge is 0.369 e. The number of nitrogens with zero attached hydrogens (tertiary/aromatic N) is 1. The molecular weight excluding hydrogens is 356 g/mol. The molecule has 142 valence electrons. The lowest BCUT2D eigenvalue weighted by atomic mass is 9.77. The standard InChI is InChI=1S/C22H26N2O2S/c1-3-22(21(23)26)13-6-14-24(15-22)20(25)17-11-9-16(10-12-17)18-7-4-5-8-19(18)27-2/h4-5,7-12H,3,6,13-15H2,1-2H3,(H2,23,26)/t22-/m1/s1. The van der Waals surface area contributed by atoms with Gasteiger partial charge >= 0.3 is 0 Å². The fourth-order valence-corrected chi connectivity index (χ4v) is 4.45. The van der Waals surface area contributed by atoms with E-state index in [1.54, 1.807) is 16.7 Å². The van der Waals surface area contributed by atoms with Crippen LogP contribution in [0.3, 0.4) is 0 Å². The molecule has 1 atom stereocenters. The van der Waals surface area contributed by atoms with Crippen molar-refractivity contribution >= 4 is 23.6 Å². The molecule has 0 saturated carbocycles. The molecule has 1 saturated heterocycles. The van der Waals surface area contributed by atoms with Crippen LogP contribution in [-0.2, 0) is 4.79 Å². The van der Waals surface area contributed by atoms with E-state index < -0.39 is 5.41 Å². The predicted octanol–water partition coefficient (Wildman–Crippen LogP) is 4.19. The average Bonchev–Trinajstić information content (AvgIpc) is 2.73. The van der Waals surface area contributed by atoms with E-state index >= 15 is 0 Å². The summed E-state index contributed by atoms with van der Waals surface area (Å²) in [5, 5.41) is 0. The Hall–Kier alpha value is -2.27. The van der Waals surface area contributed by atoms with E-state index in [0.717, 1.165) is 18.4 Å². The van der Waals surface area contributed by atoms with Gasteiger partial charge in [-0.2, -0.15) is 0 Å². The van der Waals surface area contributed by atoms with Gasteiger partial charge in [0.25, 0.3) is 5.91 Å². The monoisotopic (exact) mass is 382 g/mol. The van der Waals surface area contributed by atoms with Crippen molar-refractivity contribution in [1.29, 1.82) is 0 Å². The molecule has 3 rings (SSSR count). The maximum Gasteiger partial charge on any atom is 0.253 e. The molecule has 2 amide bonds.